The number of rotatable bonds is 17. The Balaban J connectivity index is 1.13. The number of para-hydroxylation sites is 1. The van der Waals surface area contributed by atoms with E-state index >= 15 is 0 Å². The number of nitrogens with one attached hydrogen (secondary N) is 1. The van der Waals surface area contributed by atoms with E-state index in [1.165, 1.54) is 5.56 Å². The second kappa shape index (κ2) is 17.4. The highest BCUT2D eigenvalue weighted by Crippen LogP contribution is 2.35. The summed E-state index contributed by atoms with van der Waals surface area (Å²) in [5.41, 5.74) is 4.49. The van der Waals surface area contributed by atoms with Crippen molar-refractivity contribution >= 4 is 5.69 Å². The molecule has 3 unspecified atom stereocenters. The second-order valence-corrected chi connectivity index (χ2v) is 11.4. The molecule has 9 heteroatoms. The first-order valence-corrected chi connectivity index (χ1v) is 16.0. The lowest BCUT2D eigenvalue weighted by Crippen LogP contribution is -2.50. The van der Waals surface area contributed by atoms with Crippen LogP contribution in [0.15, 0.2) is 66.7 Å². The fourth-order valence-corrected chi connectivity index (χ4v) is 6.07. The van der Waals surface area contributed by atoms with Gasteiger partial charge in [-0.05, 0) is 47.9 Å². The van der Waals surface area contributed by atoms with Gasteiger partial charge in [0.1, 0.15) is 23.9 Å². The molecule has 0 bridgehead atoms. The summed E-state index contributed by atoms with van der Waals surface area (Å²) in [5, 5.41) is 3.50. The minimum atomic E-state index is -0.0408. The summed E-state index contributed by atoms with van der Waals surface area (Å²) >= 11 is 0. The molecule has 3 aromatic rings. The maximum absolute atomic E-state index is 6.60. The number of hydrogen-bond acceptors (Lipinski definition) is 9. The van der Waals surface area contributed by atoms with E-state index in [-0.39, 0.29) is 18.1 Å². The topological polar surface area (TPSA) is 79.9 Å². The molecule has 244 valence electrons. The third-order valence-corrected chi connectivity index (χ3v) is 8.44. The average molecular weight is 621 g/mol. The van der Waals surface area contributed by atoms with Gasteiger partial charge in [-0.25, -0.2) is 0 Å². The van der Waals surface area contributed by atoms with E-state index in [2.05, 4.69) is 40.5 Å². The Morgan fingerprint density at radius 2 is 1.71 bits per heavy atom. The van der Waals surface area contributed by atoms with Crippen LogP contribution in [-0.4, -0.2) is 86.1 Å². The van der Waals surface area contributed by atoms with Crippen LogP contribution in [0.2, 0.25) is 0 Å². The van der Waals surface area contributed by atoms with Gasteiger partial charge in [-0.1, -0.05) is 36.4 Å². The van der Waals surface area contributed by atoms with Crippen LogP contribution in [0.3, 0.4) is 0 Å². The van der Waals surface area contributed by atoms with Crippen LogP contribution in [-0.2, 0) is 32.2 Å². The predicted octanol–water partition coefficient (Wildman–Crippen LogP) is 5.20. The first-order chi connectivity index (χ1) is 22.2. The van der Waals surface area contributed by atoms with Gasteiger partial charge in [0.2, 0.25) is 0 Å². The Hall–Kier alpha value is -3.34. The summed E-state index contributed by atoms with van der Waals surface area (Å²) in [4.78, 5) is 2.38. The average Bonchev–Trinajstić information content (AvgIpc) is 3.09. The molecule has 45 heavy (non-hydrogen) atoms. The highest BCUT2D eigenvalue weighted by atomic mass is 16.5. The first kappa shape index (κ1) is 33.0. The number of piperidine rings is 1. The number of methoxy groups -OCH3 is 3. The fourth-order valence-electron chi connectivity index (χ4n) is 6.07. The summed E-state index contributed by atoms with van der Waals surface area (Å²) in [6, 6.07) is 22.6. The molecule has 3 aromatic carbocycles. The van der Waals surface area contributed by atoms with Crippen LogP contribution in [0.4, 0.5) is 5.69 Å². The zero-order valence-electron chi connectivity index (χ0n) is 26.9. The first-order valence-electron chi connectivity index (χ1n) is 16.0. The van der Waals surface area contributed by atoms with E-state index in [1.807, 2.05) is 36.4 Å². The van der Waals surface area contributed by atoms with Crippen molar-refractivity contribution < 1.29 is 33.2 Å². The lowest BCUT2D eigenvalue weighted by Gasteiger charge is -2.38. The van der Waals surface area contributed by atoms with E-state index < -0.39 is 0 Å². The van der Waals surface area contributed by atoms with Gasteiger partial charge in [0, 0.05) is 58.4 Å². The Morgan fingerprint density at radius 1 is 0.867 bits per heavy atom. The highest BCUT2D eigenvalue weighted by molar-refractivity contribution is 5.61. The van der Waals surface area contributed by atoms with E-state index in [4.69, 9.17) is 33.2 Å². The van der Waals surface area contributed by atoms with Crippen LogP contribution in [0, 0.1) is 0 Å². The molecule has 2 heterocycles. The SMILES string of the molecule is COCCCN1CCOc2ccc(COC3CNCC(OC)C3c3ccc(OCCCOCc4ccccc4OC)cc3)cc21. The summed E-state index contributed by atoms with van der Waals surface area (Å²) in [6.07, 6.45) is 1.74. The van der Waals surface area contributed by atoms with Crippen LogP contribution >= 0.6 is 0 Å². The number of ether oxygens (including phenoxy) is 7. The number of fused-ring (bicyclic) bond motifs is 1. The summed E-state index contributed by atoms with van der Waals surface area (Å²) in [6.45, 7) is 7.04. The van der Waals surface area contributed by atoms with Crippen LogP contribution in [0.5, 0.6) is 17.2 Å². The maximum atomic E-state index is 6.60. The largest absolute Gasteiger partial charge is 0.496 e. The number of benzene rings is 3. The predicted molar refractivity (Wildman–Crippen MR) is 175 cm³/mol. The molecule has 0 aliphatic carbocycles. The third kappa shape index (κ3) is 9.11. The molecule has 3 atom stereocenters. The highest BCUT2D eigenvalue weighted by Gasteiger charge is 2.35. The monoisotopic (exact) mass is 620 g/mol. The van der Waals surface area contributed by atoms with E-state index in [9.17, 15) is 0 Å². The van der Waals surface area contributed by atoms with Crippen LogP contribution < -0.4 is 24.4 Å². The third-order valence-electron chi connectivity index (χ3n) is 8.44. The Morgan fingerprint density at radius 3 is 2.53 bits per heavy atom. The molecular formula is C36H48N2O7. The van der Waals surface area contributed by atoms with Crippen molar-refractivity contribution in [2.45, 2.75) is 44.2 Å². The van der Waals surface area contributed by atoms with Crippen molar-refractivity contribution in [2.24, 2.45) is 0 Å². The second-order valence-electron chi connectivity index (χ2n) is 11.4. The lowest BCUT2D eigenvalue weighted by molar-refractivity contribution is -0.0463. The van der Waals surface area contributed by atoms with Gasteiger partial charge >= 0.3 is 0 Å². The Bertz CT molecular complexity index is 1300. The molecule has 5 rings (SSSR count). The van der Waals surface area contributed by atoms with E-state index in [0.717, 1.165) is 79.7 Å². The summed E-state index contributed by atoms with van der Waals surface area (Å²) < 4.78 is 41.0. The van der Waals surface area contributed by atoms with Gasteiger partial charge in [-0.3, -0.25) is 0 Å². The van der Waals surface area contributed by atoms with Crippen molar-refractivity contribution in [1.82, 2.24) is 5.32 Å². The van der Waals surface area contributed by atoms with E-state index in [0.29, 0.717) is 33.0 Å². The van der Waals surface area contributed by atoms with Crippen molar-refractivity contribution in [3.05, 3.63) is 83.4 Å². The van der Waals surface area contributed by atoms with Gasteiger partial charge in [0.05, 0.1) is 58.0 Å². The minimum absolute atomic E-state index is 0.00381. The molecule has 2 aliphatic rings. The lowest BCUT2D eigenvalue weighted by atomic mass is 9.85. The summed E-state index contributed by atoms with van der Waals surface area (Å²) in [5.74, 6) is 2.72. The number of anilines is 1. The Labute approximate surface area is 267 Å². The zero-order chi connectivity index (χ0) is 31.3. The van der Waals surface area contributed by atoms with Crippen molar-refractivity contribution in [2.75, 3.05) is 78.8 Å². The molecule has 1 fully saturated rings. The van der Waals surface area contributed by atoms with Crippen molar-refractivity contribution in [3.63, 3.8) is 0 Å². The summed E-state index contributed by atoms with van der Waals surface area (Å²) in [7, 11) is 5.20. The fraction of sp³-hybridized carbons (Fsp3) is 0.500. The maximum Gasteiger partial charge on any atom is 0.142 e. The van der Waals surface area contributed by atoms with Crippen LogP contribution in [0.1, 0.15) is 35.4 Å². The van der Waals surface area contributed by atoms with Crippen LogP contribution in [0.25, 0.3) is 0 Å². The molecule has 1 N–H and O–H groups in total. The van der Waals surface area contributed by atoms with Crippen molar-refractivity contribution in [3.8, 4) is 17.2 Å². The molecule has 0 aromatic heterocycles. The molecule has 1 saturated heterocycles. The number of nitrogens with zero attached hydrogens (tertiary/aromatic N) is 1. The molecule has 0 amide bonds. The van der Waals surface area contributed by atoms with E-state index in [1.54, 1.807) is 21.3 Å². The molecule has 9 nitrogen and oxygen atoms in total. The van der Waals surface area contributed by atoms with Gasteiger partial charge in [0.15, 0.2) is 0 Å². The smallest absolute Gasteiger partial charge is 0.142 e. The van der Waals surface area contributed by atoms with Gasteiger partial charge in [0.25, 0.3) is 0 Å². The van der Waals surface area contributed by atoms with Crippen molar-refractivity contribution in [1.29, 1.82) is 0 Å². The molecule has 2 aliphatic heterocycles. The normalized spacial score (nSPS) is 19.5. The van der Waals surface area contributed by atoms with Gasteiger partial charge in [-0.15, -0.1) is 0 Å². The molecule has 0 spiro atoms. The molecule has 0 radical (unpaired) electrons. The Kier molecular flexibility index (Phi) is 12.8. The molecule has 0 saturated carbocycles. The zero-order valence-corrected chi connectivity index (χ0v) is 26.9. The van der Waals surface area contributed by atoms with Gasteiger partial charge < -0.3 is 43.4 Å². The minimum Gasteiger partial charge on any atom is -0.496 e. The molecular weight excluding hydrogens is 572 g/mol. The van der Waals surface area contributed by atoms with Gasteiger partial charge in [-0.2, -0.15) is 0 Å². The number of hydrogen-bond donors (Lipinski definition) is 1. The quantitative estimate of drug-likeness (QED) is 0.205. The standard InChI is InChI=1S/C36H48N2O7/c1-39-18-6-16-38-17-21-44-33-15-10-27(22-31(33)38)25-45-35-24-37-23-34(41-3)36(35)28-11-13-30(14-12-28)43-20-7-19-42-26-29-8-4-5-9-32(29)40-2/h4-5,8-15,22,34-37H,6-7,16-21,23-26H2,1-3H3.